The van der Waals surface area contributed by atoms with Gasteiger partial charge in [-0.1, -0.05) is 36.8 Å². The molecule has 0 fully saturated rings. The SMILES string of the molecule is CCCOc1cccc2ccc(C)cc12. The van der Waals surface area contributed by atoms with Crippen LogP contribution in [0.15, 0.2) is 36.4 Å². The Morgan fingerprint density at radius 1 is 1.13 bits per heavy atom. The van der Waals surface area contributed by atoms with E-state index in [2.05, 4.69) is 38.1 Å². The fourth-order valence-corrected chi connectivity index (χ4v) is 1.70. The zero-order valence-electron chi connectivity index (χ0n) is 9.29. The Morgan fingerprint density at radius 3 is 2.80 bits per heavy atom. The first-order chi connectivity index (χ1) is 7.31. The highest BCUT2D eigenvalue weighted by molar-refractivity contribution is 5.88. The van der Waals surface area contributed by atoms with E-state index in [9.17, 15) is 0 Å². The molecule has 0 amide bonds. The molecule has 78 valence electrons. The van der Waals surface area contributed by atoms with Gasteiger partial charge in [0.15, 0.2) is 0 Å². The molecule has 0 saturated heterocycles. The lowest BCUT2D eigenvalue weighted by atomic mass is 10.1. The van der Waals surface area contributed by atoms with Crippen LogP contribution in [0.3, 0.4) is 0 Å². The van der Waals surface area contributed by atoms with E-state index in [4.69, 9.17) is 4.74 Å². The Bertz CT molecular complexity index is 460. The molecule has 0 bridgehead atoms. The molecule has 15 heavy (non-hydrogen) atoms. The molecule has 0 atom stereocenters. The fourth-order valence-electron chi connectivity index (χ4n) is 1.70. The summed E-state index contributed by atoms with van der Waals surface area (Å²) in [5, 5.41) is 2.46. The molecule has 0 spiro atoms. The molecular weight excluding hydrogens is 184 g/mol. The van der Waals surface area contributed by atoms with Crippen molar-refractivity contribution in [3.05, 3.63) is 42.0 Å². The van der Waals surface area contributed by atoms with Crippen LogP contribution in [0.2, 0.25) is 0 Å². The van der Waals surface area contributed by atoms with Crippen molar-refractivity contribution in [2.24, 2.45) is 0 Å². The summed E-state index contributed by atoms with van der Waals surface area (Å²) in [5.41, 5.74) is 1.27. The van der Waals surface area contributed by atoms with Crippen LogP contribution in [0, 0.1) is 6.92 Å². The minimum absolute atomic E-state index is 0.785. The molecule has 2 aromatic carbocycles. The molecule has 1 heteroatoms. The zero-order valence-corrected chi connectivity index (χ0v) is 9.29. The van der Waals surface area contributed by atoms with Crippen molar-refractivity contribution in [1.82, 2.24) is 0 Å². The van der Waals surface area contributed by atoms with E-state index in [-0.39, 0.29) is 0 Å². The van der Waals surface area contributed by atoms with Crippen molar-refractivity contribution in [2.45, 2.75) is 20.3 Å². The smallest absolute Gasteiger partial charge is 0.127 e. The average molecular weight is 200 g/mol. The number of benzene rings is 2. The van der Waals surface area contributed by atoms with E-state index in [0.29, 0.717) is 0 Å². The van der Waals surface area contributed by atoms with Gasteiger partial charge in [0.2, 0.25) is 0 Å². The first-order valence-corrected chi connectivity index (χ1v) is 5.43. The Balaban J connectivity index is 2.48. The summed E-state index contributed by atoms with van der Waals surface area (Å²) in [5.74, 6) is 0.998. The molecule has 0 unspecified atom stereocenters. The third-order valence-corrected chi connectivity index (χ3v) is 2.46. The van der Waals surface area contributed by atoms with Crippen LogP contribution in [-0.4, -0.2) is 6.61 Å². The molecule has 0 heterocycles. The maximum atomic E-state index is 5.72. The van der Waals surface area contributed by atoms with Gasteiger partial charge in [-0.15, -0.1) is 0 Å². The van der Waals surface area contributed by atoms with Crippen LogP contribution < -0.4 is 4.74 Å². The summed E-state index contributed by atoms with van der Waals surface area (Å²) in [6.45, 7) is 5.01. The Hall–Kier alpha value is -1.50. The number of aryl methyl sites for hydroxylation is 1. The van der Waals surface area contributed by atoms with Gasteiger partial charge in [-0.2, -0.15) is 0 Å². The first-order valence-electron chi connectivity index (χ1n) is 5.43. The highest BCUT2D eigenvalue weighted by Crippen LogP contribution is 2.26. The standard InChI is InChI=1S/C14H16O/c1-3-9-15-14-6-4-5-12-8-7-11(2)10-13(12)14/h4-8,10H,3,9H2,1-2H3. The maximum Gasteiger partial charge on any atom is 0.127 e. The summed E-state index contributed by atoms with van der Waals surface area (Å²) >= 11 is 0. The topological polar surface area (TPSA) is 9.23 Å². The monoisotopic (exact) mass is 200 g/mol. The number of ether oxygens (including phenoxy) is 1. The van der Waals surface area contributed by atoms with Gasteiger partial charge in [-0.25, -0.2) is 0 Å². The van der Waals surface area contributed by atoms with Crippen molar-refractivity contribution in [1.29, 1.82) is 0 Å². The molecule has 0 N–H and O–H groups in total. The quantitative estimate of drug-likeness (QED) is 0.729. The lowest BCUT2D eigenvalue weighted by Gasteiger charge is -2.08. The van der Waals surface area contributed by atoms with Crippen LogP contribution >= 0.6 is 0 Å². The minimum atomic E-state index is 0.785. The molecule has 2 aromatic rings. The summed E-state index contributed by atoms with van der Waals surface area (Å²) < 4.78 is 5.72. The van der Waals surface area contributed by atoms with Gasteiger partial charge in [-0.3, -0.25) is 0 Å². The van der Waals surface area contributed by atoms with E-state index in [0.717, 1.165) is 18.8 Å². The van der Waals surface area contributed by atoms with Gasteiger partial charge in [-0.05, 0) is 30.9 Å². The van der Waals surface area contributed by atoms with Crippen molar-refractivity contribution in [3.63, 3.8) is 0 Å². The lowest BCUT2D eigenvalue weighted by Crippen LogP contribution is -1.95. The van der Waals surface area contributed by atoms with Crippen LogP contribution in [0.5, 0.6) is 5.75 Å². The summed E-state index contributed by atoms with van der Waals surface area (Å²) in [6.07, 6.45) is 1.04. The van der Waals surface area contributed by atoms with Crippen LogP contribution in [0.25, 0.3) is 10.8 Å². The maximum absolute atomic E-state index is 5.72. The first kappa shape index (κ1) is 10.0. The summed E-state index contributed by atoms with van der Waals surface area (Å²) in [4.78, 5) is 0. The summed E-state index contributed by atoms with van der Waals surface area (Å²) in [6, 6.07) is 12.7. The second-order valence-electron chi connectivity index (χ2n) is 3.83. The fraction of sp³-hybridized carbons (Fsp3) is 0.286. The third-order valence-electron chi connectivity index (χ3n) is 2.46. The van der Waals surface area contributed by atoms with Crippen molar-refractivity contribution in [3.8, 4) is 5.75 Å². The molecule has 0 aromatic heterocycles. The molecule has 1 nitrogen and oxygen atoms in total. The molecule has 0 aliphatic carbocycles. The van der Waals surface area contributed by atoms with Gasteiger partial charge in [0.1, 0.15) is 5.75 Å². The average Bonchev–Trinajstić information content (AvgIpc) is 2.26. The number of fused-ring (bicyclic) bond motifs is 1. The van der Waals surface area contributed by atoms with Gasteiger partial charge < -0.3 is 4.74 Å². The Morgan fingerprint density at radius 2 is 2.00 bits per heavy atom. The second-order valence-corrected chi connectivity index (χ2v) is 3.83. The number of hydrogen-bond donors (Lipinski definition) is 0. The van der Waals surface area contributed by atoms with Gasteiger partial charge in [0.25, 0.3) is 0 Å². The lowest BCUT2D eigenvalue weighted by molar-refractivity contribution is 0.321. The predicted octanol–water partition coefficient (Wildman–Crippen LogP) is 3.94. The summed E-state index contributed by atoms with van der Waals surface area (Å²) in [7, 11) is 0. The van der Waals surface area contributed by atoms with E-state index in [1.54, 1.807) is 0 Å². The Kier molecular flexibility index (Phi) is 2.91. The normalized spacial score (nSPS) is 10.5. The van der Waals surface area contributed by atoms with Crippen LogP contribution in [-0.2, 0) is 0 Å². The molecule has 0 radical (unpaired) electrons. The predicted molar refractivity (Wildman–Crippen MR) is 64.5 cm³/mol. The number of hydrogen-bond acceptors (Lipinski definition) is 1. The van der Waals surface area contributed by atoms with E-state index in [1.165, 1.54) is 16.3 Å². The Labute approximate surface area is 90.7 Å². The zero-order chi connectivity index (χ0) is 10.7. The van der Waals surface area contributed by atoms with Gasteiger partial charge in [0, 0.05) is 5.39 Å². The van der Waals surface area contributed by atoms with Crippen molar-refractivity contribution in [2.75, 3.05) is 6.61 Å². The molecule has 0 aliphatic heterocycles. The van der Waals surface area contributed by atoms with E-state index < -0.39 is 0 Å². The highest BCUT2D eigenvalue weighted by atomic mass is 16.5. The number of rotatable bonds is 3. The van der Waals surface area contributed by atoms with Crippen molar-refractivity contribution < 1.29 is 4.74 Å². The van der Waals surface area contributed by atoms with Crippen LogP contribution in [0.4, 0.5) is 0 Å². The van der Waals surface area contributed by atoms with Crippen molar-refractivity contribution >= 4 is 10.8 Å². The van der Waals surface area contributed by atoms with Crippen LogP contribution in [0.1, 0.15) is 18.9 Å². The largest absolute Gasteiger partial charge is 0.493 e. The van der Waals surface area contributed by atoms with Gasteiger partial charge >= 0.3 is 0 Å². The van der Waals surface area contributed by atoms with Gasteiger partial charge in [0.05, 0.1) is 6.61 Å². The highest BCUT2D eigenvalue weighted by Gasteiger charge is 2.01. The molecule has 2 rings (SSSR count). The second kappa shape index (κ2) is 4.35. The minimum Gasteiger partial charge on any atom is -0.493 e. The molecule has 0 saturated carbocycles. The molecular formula is C14H16O. The van der Waals surface area contributed by atoms with E-state index in [1.807, 2.05) is 12.1 Å². The van der Waals surface area contributed by atoms with E-state index >= 15 is 0 Å². The third kappa shape index (κ3) is 2.12. The molecule has 0 aliphatic rings.